The van der Waals surface area contributed by atoms with E-state index in [1.54, 1.807) is 6.92 Å². The summed E-state index contributed by atoms with van der Waals surface area (Å²) in [7, 11) is 1.43. The van der Waals surface area contributed by atoms with E-state index >= 15 is 0 Å². The number of anilines is 1. The summed E-state index contributed by atoms with van der Waals surface area (Å²) in [6, 6.07) is 12.3. The summed E-state index contributed by atoms with van der Waals surface area (Å²) in [6.07, 6.45) is 0.821. The maximum absolute atomic E-state index is 12.1. The Balaban J connectivity index is 1.91. The Morgan fingerprint density at radius 2 is 1.89 bits per heavy atom. The van der Waals surface area contributed by atoms with Crippen LogP contribution in [0.3, 0.4) is 0 Å². The molecule has 0 spiro atoms. The van der Waals surface area contributed by atoms with Gasteiger partial charge in [0.15, 0.2) is 0 Å². The van der Waals surface area contributed by atoms with Gasteiger partial charge in [0.25, 0.3) is 0 Å². The van der Waals surface area contributed by atoms with E-state index < -0.39 is 5.97 Å². The lowest BCUT2D eigenvalue weighted by molar-refractivity contribution is -0.116. The third kappa shape index (κ3) is 6.18. The fourth-order valence-electron chi connectivity index (χ4n) is 2.34. The fourth-order valence-corrected chi connectivity index (χ4v) is 2.55. The SMILES string of the molecule is CCOC(=O)c1cc(Cl)c(NC(=O)CCCOc2ccccc2)cc1OC. The highest BCUT2D eigenvalue weighted by molar-refractivity contribution is 6.34. The second-order valence-electron chi connectivity index (χ2n) is 5.57. The number of hydrogen-bond donors (Lipinski definition) is 1. The van der Waals surface area contributed by atoms with Gasteiger partial charge in [-0.05, 0) is 31.5 Å². The lowest BCUT2D eigenvalue weighted by Gasteiger charge is -2.13. The molecular weight excluding hydrogens is 370 g/mol. The molecule has 6 nitrogen and oxygen atoms in total. The topological polar surface area (TPSA) is 73.9 Å². The number of carbonyl (C=O) groups excluding carboxylic acids is 2. The van der Waals surface area contributed by atoms with Gasteiger partial charge in [0.1, 0.15) is 17.1 Å². The van der Waals surface area contributed by atoms with Crippen molar-refractivity contribution in [2.75, 3.05) is 25.6 Å². The number of halogens is 1. The van der Waals surface area contributed by atoms with Gasteiger partial charge in [0.05, 0.1) is 31.0 Å². The minimum atomic E-state index is -0.535. The molecule has 0 aromatic heterocycles. The average molecular weight is 392 g/mol. The number of benzene rings is 2. The van der Waals surface area contributed by atoms with Crippen molar-refractivity contribution in [2.45, 2.75) is 19.8 Å². The number of amides is 1. The van der Waals surface area contributed by atoms with Gasteiger partial charge in [-0.25, -0.2) is 4.79 Å². The van der Waals surface area contributed by atoms with Gasteiger partial charge in [-0.15, -0.1) is 0 Å². The monoisotopic (exact) mass is 391 g/mol. The number of esters is 1. The maximum atomic E-state index is 12.1. The first-order valence-corrected chi connectivity index (χ1v) is 8.95. The Hall–Kier alpha value is -2.73. The van der Waals surface area contributed by atoms with E-state index in [1.165, 1.54) is 19.2 Å². The molecule has 2 rings (SSSR count). The minimum Gasteiger partial charge on any atom is -0.496 e. The largest absolute Gasteiger partial charge is 0.496 e. The summed E-state index contributed by atoms with van der Waals surface area (Å²) < 4.78 is 15.7. The van der Waals surface area contributed by atoms with Crippen LogP contribution >= 0.6 is 11.6 Å². The lowest BCUT2D eigenvalue weighted by atomic mass is 10.1. The average Bonchev–Trinajstić information content (AvgIpc) is 2.67. The van der Waals surface area contributed by atoms with Gasteiger partial charge in [-0.3, -0.25) is 4.79 Å². The van der Waals surface area contributed by atoms with Gasteiger partial charge in [-0.1, -0.05) is 29.8 Å². The van der Waals surface area contributed by atoms with Gasteiger partial charge in [-0.2, -0.15) is 0 Å². The van der Waals surface area contributed by atoms with Gasteiger partial charge in [0.2, 0.25) is 5.91 Å². The molecule has 1 N–H and O–H groups in total. The Morgan fingerprint density at radius 1 is 1.15 bits per heavy atom. The number of ether oxygens (including phenoxy) is 3. The third-order valence-electron chi connectivity index (χ3n) is 3.62. The molecule has 0 fully saturated rings. The van der Waals surface area contributed by atoms with Crippen molar-refractivity contribution in [1.82, 2.24) is 0 Å². The van der Waals surface area contributed by atoms with E-state index in [-0.39, 0.29) is 35.3 Å². The van der Waals surface area contributed by atoms with Crippen LogP contribution in [0.25, 0.3) is 0 Å². The predicted molar refractivity (Wildman–Crippen MR) is 104 cm³/mol. The van der Waals surface area contributed by atoms with Gasteiger partial charge < -0.3 is 19.5 Å². The Bertz CT molecular complexity index is 779. The second kappa shape index (κ2) is 10.4. The number of rotatable bonds is 9. The van der Waals surface area contributed by atoms with Crippen LogP contribution < -0.4 is 14.8 Å². The Kier molecular flexibility index (Phi) is 7.95. The Morgan fingerprint density at radius 3 is 2.56 bits per heavy atom. The first kappa shape index (κ1) is 20.6. The zero-order chi connectivity index (χ0) is 19.6. The summed E-state index contributed by atoms with van der Waals surface area (Å²) >= 11 is 6.19. The van der Waals surface area contributed by atoms with Crippen LogP contribution in [0, 0.1) is 0 Å². The number of hydrogen-bond acceptors (Lipinski definition) is 5. The Labute approximate surface area is 163 Å². The third-order valence-corrected chi connectivity index (χ3v) is 3.93. The van der Waals surface area contributed by atoms with Crippen molar-refractivity contribution in [3.63, 3.8) is 0 Å². The molecule has 0 saturated carbocycles. The molecule has 0 heterocycles. The zero-order valence-corrected chi connectivity index (χ0v) is 16.0. The van der Waals surface area contributed by atoms with Crippen molar-refractivity contribution >= 4 is 29.2 Å². The smallest absolute Gasteiger partial charge is 0.341 e. The zero-order valence-electron chi connectivity index (χ0n) is 15.3. The second-order valence-corrected chi connectivity index (χ2v) is 5.97. The van der Waals surface area contributed by atoms with Crippen LogP contribution in [0.4, 0.5) is 5.69 Å². The molecule has 0 unspecified atom stereocenters. The van der Waals surface area contributed by atoms with E-state index in [2.05, 4.69) is 5.32 Å². The summed E-state index contributed by atoms with van der Waals surface area (Å²) in [5, 5.41) is 2.95. The standard InChI is InChI=1S/C20H22ClNO5/c1-3-26-20(24)15-12-16(21)17(13-18(15)25-2)22-19(23)10-7-11-27-14-8-5-4-6-9-14/h4-6,8-9,12-13H,3,7,10-11H2,1-2H3,(H,22,23). The number of nitrogens with one attached hydrogen (secondary N) is 1. The minimum absolute atomic E-state index is 0.207. The first-order valence-electron chi connectivity index (χ1n) is 8.57. The van der Waals surface area contributed by atoms with Crippen molar-refractivity contribution in [3.8, 4) is 11.5 Å². The van der Waals surface area contributed by atoms with E-state index in [0.717, 1.165) is 5.75 Å². The van der Waals surface area contributed by atoms with E-state index in [9.17, 15) is 9.59 Å². The predicted octanol–water partition coefficient (Wildman–Crippen LogP) is 4.32. The molecule has 144 valence electrons. The van der Waals surface area contributed by atoms with Crippen LogP contribution in [0.5, 0.6) is 11.5 Å². The van der Waals surface area contributed by atoms with Crippen LogP contribution in [-0.4, -0.2) is 32.2 Å². The highest BCUT2D eigenvalue weighted by Gasteiger charge is 2.18. The van der Waals surface area contributed by atoms with E-state index in [4.69, 9.17) is 25.8 Å². The van der Waals surface area contributed by atoms with Gasteiger partial charge in [0, 0.05) is 12.5 Å². The fraction of sp³-hybridized carbons (Fsp3) is 0.300. The molecule has 0 aliphatic rings. The number of methoxy groups -OCH3 is 1. The van der Waals surface area contributed by atoms with Gasteiger partial charge >= 0.3 is 5.97 Å². The highest BCUT2D eigenvalue weighted by Crippen LogP contribution is 2.31. The molecule has 0 atom stereocenters. The quantitative estimate of drug-likeness (QED) is 0.509. The summed E-state index contributed by atoms with van der Waals surface area (Å²) in [6.45, 7) is 2.38. The first-order chi connectivity index (χ1) is 13.0. The molecule has 27 heavy (non-hydrogen) atoms. The molecule has 1 amide bonds. The molecule has 2 aromatic rings. The maximum Gasteiger partial charge on any atom is 0.341 e. The lowest BCUT2D eigenvalue weighted by Crippen LogP contribution is -2.14. The molecule has 2 aromatic carbocycles. The molecule has 0 radical (unpaired) electrons. The van der Waals surface area contributed by atoms with Crippen LogP contribution in [0.1, 0.15) is 30.1 Å². The number of para-hydroxylation sites is 1. The van der Waals surface area contributed by atoms with Crippen molar-refractivity contribution in [2.24, 2.45) is 0 Å². The molecule has 0 aliphatic carbocycles. The summed E-state index contributed by atoms with van der Waals surface area (Å²) in [5.41, 5.74) is 0.578. The van der Waals surface area contributed by atoms with Crippen LogP contribution in [-0.2, 0) is 9.53 Å². The molecule has 0 saturated heterocycles. The van der Waals surface area contributed by atoms with Crippen molar-refractivity contribution in [3.05, 3.63) is 53.1 Å². The van der Waals surface area contributed by atoms with E-state index in [1.807, 2.05) is 30.3 Å². The molecular formula is C20H22ClNO5. The van der Waals surface area contributed by atoms with Crippen LogP contribution in [0.2, 0.25) is 5.02 Å². The van der Waals surface area contributed by atoms with Crippen molar-refractivity contribution < 1.29 is 23.8 Å². The summed E-state index contributed by atoms with van der Waals surface area (Å²) in [5.74, 6) is 0.299. The number of carbonyl (C=O) groups is 2. The molecule has 0 aliphatic heterocycles. The van der Waals surface area contributed by atoms with E-state index in [0.29, 0.717) is 18.7 Å². The normalized spacial score (nSPS) is 10.2. The highest BCUT2D eigenvalue weighted by atomic mass is 35.5. The van der Waals surface area contributed by atoms with Crippen LogP contribution in [0.15, 0.2) is 42.5 Å². The van der Waals surface area contributed by atoms with Crippen molar-refractivity contribution in [1.29, 1.82) is 0 Å². The molecule has 0 bridgehead atoms. The molecule has 7 heteroatoms. The summed E-state index contributed by atoms with van der Waals surface area (Å²) in [4.78, 5) is 24.1.